The number of nitrogens with zero attached hydrogens (tertiary/aromatic N) is 2. The minimum Gasteiger partial charge on any atom is -0.352 e. The van der Waals surface area contributed by atoms with Crippen molar-refractivity contribution in [2.75, 3.05) is 25.0 Å². The number of pyridine rings is 1. The van der Waals surface area contributed by atoms with Crippen molar-refractivity contribution >= 4 is 35.1 Å². The van der Waals surface area contributed by atoms with Crippen LogP contribution in [-0.4, -0.2) is 47.2 Å². The third-order valence-electron chi connectivity index (χ3n) is 5.34. The second kappa shape index (κ2) is 10.9. The molecule has 2 aromatic rings. The van der Waals surface area contributed by atoms with Crippen LogP contribution in [0.2, 0.25) is 5.02 Å². The Bertz CT molecular complexity index is 925. The molecule has 1 aromatic heterocycles. The topological polar surface area (TPSA) is 91.4 Å². The molecule has 2 N–H and O–H groups in total. The Morgan fingerprint density at radius 2 is 1.84 bits per heavy atom. The van der Waals surface area contributed by atoms with Crippen molar-refractivity contribution in [3.63, 3.8) is 0 Å². The largest absolute Gasteiger partial charge is 0.352 e. The molecule has 1 saturated heterocycles. The van der Waals surface area contributed by atoms with E-state index in [0.29, 0.717) is 61.7 Å². The molecule has 1 fully saturated rings. The molecule has 7 nitrogen and oxygen atoms in total. The molecular formula is C23H27ClN4O3. The number of hydrogen-bond acceptors (Lipinski definition) is 4. The molecule has 31 heavy (non-hydrogen) atoms. The Morgan fingerprint density at radius 3 is 2.52 bits per heavy atom. The minimum atomic E-state index is -0.181. The van der Waals surface area contributed by atoms with E-state index in [1.807, 2.05) is 19.1 Å². The van der Waals surface area contributed by atoms with Gasteiger partial charge in [-0.15, -0.1) is 0 Å². The highest BCUT2D eigenvalue weighted by Crippen LogP contribution is 2.20. The normalized spacial score (nSPS) is 14.2. The summed E-state index contributed by atoms with van der Waals surface area (Å²) in [5, 5.41) is 6.26. The SMILES string of the molecule is Cc1ccnc(NC(=O)C2CCN(C(=O)CCCNC(=O)c3ccc(Cl)cc3)CC2)c1. The van der Waals surface area contributed by atoms with Gasteiger partial charge in [-0.2, -0.15) is 0 Å². The Morgan fingerprint density at radius 1 is 1.13 bits per heavy atom. The number of carbonyl (C=O) groups excluding carboxylic acids is 3. The molecule has 1 aromatic carbocycles. The molecule has 3 rings (SSSR count). The highest BCUT2D eigenvalue weighted by molar-refractivity contribution is 6.30. The predicted molar refractivity (Wildman–Crippen MR) is 120 cm³/mol. The van der Waals surface area contributed by atoms with E-state index in [1.54, 1.807) is 35.4 Å². The van der Waals surface area contributed by atoms with Gasteiger partial charge in [0.25, 0.3) is 5.91 Å². The van der Waals surface area contributed by atoms with Crippen LogP contribution in [-0.2, 0) is 9.59 Å². The maximum atomic E-state index is 12.5. The lowest BCUT2D eigenvalue weighted by Crippen LogP contribution is -2.41. The highest BCUT2D eigenvalue weighted by Gasteiger charge is 2.27. The molecule has 0 atom stereocenters. The molecule has 0 saturated carbocycles. The molecule has 0 bridgehead atoms. The number of benzene rings is 1. The summed E-state index contributed by atoms with van der Waals surface area (Å²) in [7, 11) is 0. The van der Waals surface area contributed by atoms with E-state index in [9.17, 15) is 14.4 Å². The number of anilines is 1. The van der Waals surface area contributed by atoms with Gasteiger partial charge in [0.2, 0.25) is 11.8 Å². The lowest BCUT2D eigenvalue weighted by Gasteiger charge is -2.31. The standard InChI is InChI=1S/C23H27ClN4O3/c1-16-8-12-25-20(15-16)27-23(31)18-9-13-28(14-10-18)21(29)3-2-11-26-22(30)17-4-6-19(24)7-5-17/h4-8,12,15,18H,2-3,9-11,13-14H2,1H3,(H,26,30)(H,25,27,31). The number of aromatic nitrogens is 1. The predicted octanol–water partition coefficient (Wildman–Crippen LogP) is 3.43. The third kappa shape index (κ3) is 6.79. The first-order valence-electron chi connectivity index (χ1n) is 10.5. The summed E-state index contributed by atoms with van der Waals surface area (Å²) < 4.78 is 0. The van der Waals surface area contributed by atoms with Crippen LogP contribution in [0.5, 0.6) is 0 Å². The summed E-state index contributed by atoms with van der Waals surface area (Å²) in [6.45, 7) is 3.50. The molecule has 0 unspecified atom stereocenters. The van der Waals surface area contributed by atoms with Crippen LogP contribution in [0.15, 0.2) is 42.6 Å². The first-order valence-corrected chi connectivity index (χ1v) is 10.9. The lowest BCUT2D eigenvalue weighted by atomic mass is 9.95. The average molecular weight is 443 g/mol. The molecule has 1 aliphatic rings. The molecule has 0 spiro atoms. The third-order valence-corrected chi connectivity index (χ3v) is 5.60. The monoisotopic (exact) mass is 442 g/mol. The fourth-order valence-electron chi connectivity index (χ4n) is 3.53. The number of likely N-dealkylation sites (tertiary alicyclic amines) is 1. The average Bonchev–Trinajstić information content (AvgIpc) is 2.77. The summed E-state index contributed by atoms with van der Waals surface area (Å²) in [6, 6.07) is 10.4. The van der Waals surface area contributed by atoms with Crippen LogP contribution in [0.25, 0.3) is 0 Å². The van der Waals surface area contributed by atoms with Gasteiger partial charge in [0.05, 0.1) is 0 Å². The lowest BCUT2D eigenvalue weighted by molar-refractivity contribution is -0.134. The van der Waals surface area contributed by atoms with E-state index >= 15 is 0 Å². The van der Waals surface area contributed by atoms with E-state index < -0.39 is 0 Å². The molecule has 2 heterocycles. The molecule has 0 aliphatic carbocycles. The smallest absolute Gasteiger partial charge is 0.251 e. The van der Waals surface area contributed by atoms with E-state index in [-0.39, 0.29) is 23.6 Å². The van der Waals surface area contributed by atoms with Crippen molar-refractivity contribution in [3.8, 4) is 0 Å². The van der Waals surface area contributed by atoms with E-state index in [0.717, 1.165) is 5.56 Å². The van der Waals surface area contributed by atoms with Gasteiger partial charge < -0.3 is 15.5 Å². The van der Waals surface area contributed by atoms with Gasteiger partial charge in [-0.05, 0) is 68.1 Å². The van der Waals surface area contributed by atoms with Crippen molar-refractivity contribution in [3.05, 3.63) is 58.7 Å². The van der Waals surface area contributed by atoms with Gasteiger partial charge in [-0.3, -0.25) is 14.4 Å². The fourth-order valence-corrected chi connectivity index (χ4v) is 3.65. The molecular weight excluding hydrogens is 416 g/mol. The van der Waals surface area contributed by atoms with Crippen molar-refractivity contribution in [2.24, 2.45) is 5.92 Å². The molecule has 8 heteroatoms. The van der Waals surface area contributed by atoms with E-state index in [1.165, 1.54) is 0 Å². The summed E-state index contributed by atoms with van der Waals surface area (Å²) in [6.07, 6.45) is 3.88. The van der Waals surface area contributed by atoms with E-state index in [2.05, 4.69) is 15.6 Å². The fraction of sp³-hybridized carbons (Fsp3) is 0.391. The maximum absolute atomic E-state index is 12.5. The molecule has 0 radical (unpaired) electrons. The van der Waals surface area contributed by atoms with Crippen LogP contribution >= 0.6 is 11.6 Å². The quantitative estimate of drug-likeness (QED) is 0.642. The second-order valence-corrected chi connectivity index (χ2v) is 8.17. The number of amides is 3. The summed E-state index contributed by atoms with van der Waals surface area (Å²) in [5.74, 6) is 0.267. The van der Waals surface area contributed by atoms with E-state index in [4.69, 9.17) is 11.6 Å². The molecule has 164 valence electrons. The zero-order chi connectivity index (χ0) is 22.2. The van der Waals surface area contributed by atoms with Crippen molar-refractivity contribution in [1.82, 2.24) is 15.2 Å². The number of nitrogens with one attached hydrogen (secondary N) is 2. The van der Waals surface area contributed by atoms with Gasteiger partial charge in [-0.1, -0.05) is 11.6 Å². The Kier molecular flexibility index (Phi) is 8.00. The molecule has 3 amide bonds. The highest BCUT2D eigenvalue weighted by atomic mass is 35.5. The summed E-state index contributed by atoms with van der Waals surface area (Å²) in [4.78, 5) is 42.9. The van der Waals surface area contributed by atoms with Crippen LogP contribution in [0.3, 0.4) is 0 Å². The van der Waals surface area contributed by atoms with Gasteiger partial charge in [-0.25, -0.2) is 4.98 Å². The first-order chi connectivity index (χ1) is 14.9. The number of aryl methyl sites for hydroxylation is 1. The van der Waals surface area contributed by atoms with Crippen LogP contribution in [0.4, 0.5) is 5.82 Å². The van der Waals surface area contributed by atoms with Gasteiger partial charge in [0, 0.05) is 48.8 Å². The zero-order valence-corrected chi connectivity index (χ0v) is 18.3. The van der Waals surface area contributed by atoms with Crippen molar-refractivity contribution in [1.29, 1.82) is 0 Å². The number of carbonyl (C=O) groups is 3. The summed E-state index contributed by atoms with van der Waals surface area (Å²) in [5.41, 5.74) is 1.58. The summed E-state index contributed by atoms with van der Waals surface area (Å²) >= 11 is 5.82. The van der Waals surface area contributed by atoms with Crippen molar-refractivity contribution in [2.45, 2.75) is 32.6 Å². The van der Waals surface area contributed by atoms with Gasteiger partial charge >= 0.3 is 0 Å². The molecule has 1 aliphatic heterocycles. The van der Waals surface area contributed by atoms with Crippen LogP contribution in [0.1, 0.15) is 41.6 Å². The minimum absolute atomic E-state index is 0.0462. The van der Waals surface area contributed by atoms with Crippen molar-refractivity contribution < 1.29 is 14.4 Å². The van der Waals surface area contributed by atoms with Crippen LogP contribution < -0.4 is 10.6 Å². The Balaban J connectivity index is 1.34. The number of halogens is 1. The number of rotatable bonds is 7. The number of piperidine rings is 1. The van der Waals surface area contributed by atoms with Gasteiger partial charge in [0.15, 0.2) is 0 Å². The first kappa shape index (κ1) is 22.7. The maximum Gasteiger partial charge on any atom is 0.251 e. The number of hydrogen-bond donors (Lipinski definition) is 2. The van der Waals surface area contributed by atoms with Crippen LogP contribution in [0, 0.1) is 12.8 Å². The second-order valence-electron chi connectivity index (χ2n) is 7.73. The zero-order valence-electron chi connectivity index (χ0n) is 17.6. The van der Waals surface area contributed by atoms with Gasteiger partial charge in [0.1, 0.15) is 5.82 Å². The Hall–Kier alpha value is -2.93. The Labute approximate surface area is 187 Å².